The van der Waals surface area contributed by atoms with Gasteiger partial charge in [0.25, 0.3) is 5.91 Å². The number of aliphatic carboxylic acids is 1. The van der Waals surface area contributed by atoms with E-state index >= 15 is 0 Å². The lowest BCUT2D eigenvalue weighted by molar-refractivity contribution is -0.148. The SMILES string of the molecule is COC1(C(=O)NCC(Cc2ccccc2)C(=O)O)CCCCC1. The molecular formula is C18H25NO4. The molecule has 0 aromatic heterocycles. The van der Waals surface area contributed by atoms with Gasteiger partial charge in [-0.15, -0.1) is 0 Å². The average Bonchev–Trinajstić information content (AvgIpc) is 2.59. The molecule has 1 aliphatic rings. The second-order valence-electron chi connectivity index (χ2n) is 6.19. The summed E-state index contributed by atoms with van der Waals surface area (Å²) in [7, 11) is 1.56. The highest BCUT2D eigenvalue weighted by molar-refractivity contribution is 5.85. The molecule has 1 fully saturated rings. The van der Waals surface area contributed by atoms with Crippen molar-refractivity contribution < 1.29 is 19.4 Å². The summed E-state index contributed by atoms with van der Waals surface area (Å²) in [5.41, 5.74) is 0.168. The Morgan fingerprint density at radius 1 is 1.22 bits per heavy atom. The lowest BCUT2D eigenvalue weighted by Crippen LogP contribution is -2.51. The van der Waals surface area contributed by atoms with Crippen LogP contribution in [-0.4, -0.2) is 36.2 Å². The minimum absolute atomic E-state index is 0.119. The minimum Gasteiger partial charge on any atom is -0.481 e. The molecular weight excluding hydrogens is 294 g/mol. The molecule has 0 aliphatic heterocycles. The van der Waals surface area contributed by atoms with Crippen molar-refractivity contribution in [3.8, 4) is 0 Å². The monoisotopic (exact) mass is 319 g/mol. The fourth-order valence-electron chi connectivity index (χ4n) is 3.17. The molecule has 23 heavy (non-hydrogen) atoms. The largest absolute Gasteiger partial charge is 0.481 e. The van der Waals surface area contributed by atoms with E-state index in [-0.39, 0.29) is 12.5 Å². The van der Waals surface area contributed by atoms with E-state index in [1.54, 1.807) is 7.11 Å². The molecule has 5 nitrogen and oxygen atoms in total. The molecule has 2 N–H and O–H groups in total. The van der Waals surface area contributed by atoms with E-state index in [0.29, 0.717) is 19.3 Å². The normalized spacial score (nSPS) is 18.1. The second-order valence-corrected chi connectivity index (χ2v) is 6.19. The topological polar surface area (TPSA) is 75.6 Å². The van der Waals surface area contributed by atoms with Gasteiger partial charge in [0.15, 0.2) is 0 Å². The molecule has 1 unspecified atom stereocenters. The van der Waals surface area contributed by atoms with Crippen LogP contribution in [0.25, 0.3) is 0 Å². The van der Waals surface area contributed by atoms with E-state index in [4.69, 9.17) is 4.74 Å². The highest BCUT2D eigenvalue weighted by atomic mass is 16.5. The quantitative estimate of drug-likeness (QED) is 0.809. The van der Waals surface area contributed by atoms with Gasteiger partial charge >= 0.3 is 5.97 Å². The number of benzene rings is 1. The second kappa shape index (κ2) is 8.11. The van der Waals surface area contributed by atoms with Gasteiger partial charge in [-0.2, -0.15) is 0 Å². The summed E-state index contributed by atoms with van der Waals surface area (Å²) in [6, 6.07) is 9.46. The van der Waals surface area contributed by atoms with Crippen molar-refractivity contribution in [3.05, 3.63) is 35.9 Å². The molecule has 0 heterocycles. The van der Waals surface area contributed by atoms with Gasteiger partial charge in [-0.3, -0.25) is 9.59 Å². The van der Waals surface area contributed by atoms with Crippen LogP contribution in [0.2, 0.25) is 0 Å². The van der Waals surface area contributed by atoms with Crippen LogP contribution in [0.1, 0.15) is 37.7 Å². The number of carbonyl (C=O) groups is 2. The Labute approximate surface area is 137 Å². The summed E-state index contributed by atoms with van der Waals surface area (Å²) in [6.07, 6.45) is 4.85. The molecule has 126 valence electrons. The molecule has 2 rings (SSSR count). The fraction of sp³-hybridized carbons (Fsp3) is 0.556. The van der Waals surface area contributed by atoms with Gasteiger partial charge in [-0.05, 0) is 24.8 Å². The molecule has 0 spiro atoms. The Balaban J connectivity index is 1.95. The zero-order valence-electron chi connectivity index (χ0n) is 13.6. The Morgan fingerprint density at radius 2 is 1.87 bits per heavy atom. The van der Waals surface area contributed by atoms with Crippen LogP contribution in [0.4, 0.5) is 0 Å². The Hall–Kier alpha value is -1.88. The third-order valence-corrected chi connectivity index (χ3v) is 4.65. The lowest BCUT2D eigenvalue weighted by atomic mass is 9.83. The number of methoxy groups -OCH3 is 1. The first-order valence-electron chi connectivity index (χ1n) is 8.17. The van der Waals surface area contributed by atoms with Crippen LogP contribution in [0.3, 0.4) is 0 Å². The van der Waals surface area contributed by atoms with Crippen LogP contribution in [-0.2, 0) is 20.7 Å². The first-order valence-corrected chi connectivity index (χ1v) is 8.17. The molecule has 1 amide bonds. The number of nitrogens with one attached hydrogen (secondary N) is 1. The highest BCUT2D eigenvalue weighted by Gasteiger charge is 2.39. The predicted octanol–water partition coefficient (Wildman–Crippen LogP) is 2.40. The van der Waals surface area contributed by atoms with Crippen molar-refractivity contribution in [3.63, 3.8) is 0 Å². The predicted molar refractivity (Wildman–Crippen MR) is 87.1 cm³/mol. The van der Waals surface area contributed by atoms with Crippen molar-refractivity contribution in [2.45, 2.75) is 44.1 Å². The van der Waals surface area contributed by atoms with Crippen LogP contribution in [0.5, 0.6) is 0 Å². The maximum atomic E-state index is 12.5. The van der Waals surface area contributed by atoms with Crippen LogP contribution >= 0.6 is 0 Å². The lowest BCUT2D eigenvalue weighted by Gasteiger charge is -2.34. The summed E-state index contributed by atoms with van der Waals surface area (Å²) in [5, 5.41) is 12.2. The zero-order chi connectivity index (χ0) is 16.7. The summed E-state index contributed by atoms with van der Waals surface area (Å²) >= 11 is 0. The van der Waals surface area contributed by atoms with Crippen molar-refractivity contribution >= 4 is 11.9 Å². The van der Waals surface area contributed by atoms with Crippen LogP contribution < -0.4 is 5.32 Å². The molecule has 1 aromatic rings. The summed E-state index contributed by atoms with van der Waals surface area (Å²) in [6.45, 7) is 0.119. The standard InChI is InChI=1S/C18H25NO4/c1-23-18(10-6-3-7-11-18)17(22)19-13-15(16(20)21)12-14-8-4-2-5-9-14/h2,4-5,8-9,15H,3,6-7,10-13H2,1H3,(H,19,22)(H,20,21). The number of carbonyl (C=O) groups excluding carboxylic acids is 1. The smallest absolute Gasteiger partial charge is 0.308 e. The fourth-order valence-corrected chi connectivity index (χ4v) is 3.17. The minimum atomic E-state index is -0.899. The first kappa shape index (κ1) is 17.5. The Kier molecular flexibility index (Phi) is 6.16. The molecule has 1 aromatic carbocycles. The molecule has 0 radical (unpaired) electrons. The number of rotatable bonds is 7. The van der Waals surface area contributed by atoms with E-state index in [9.17, 15) is 14.7 Å². The van der Waals surface area contributed by atoms with Gasteiger partial charge in [-0.1, -0.05) is 49.6 Å². The Morgan fingerprint density at radius 3 is 2.43 bits per heavy atom. The molecule has 0 saturated heterocycles. The van der Waals surface area contributed by atoms with E-state index in [1.807, 2.05) is 30.3 Å². The first-order chi connectivity index (χ1) is 11.1. The maximum Gasteiger partial charge on any atom is 0.308 e. The van der Waals surface area contributed by atoms with E-state index in [0.717, 1.165) is 24.8 Å². The van der Waals surface area contributed by atoms with Crippen molar-refractivity contribution in [1.29, 1.82) is 0 Å². The maximum absolute atomic E-state index is 12.5. The van der Waals surface area contributed by atoms with Gasteiger partial charge in [0.1, 0.15) is 5.60 Å². The van der Waals surface area contributed by atoms with E-state index in [1.165, 1.54) is 0 Å². The molecule has 1 aliphatic carbocycles. The number of carboxylic acids is 1. The summed E-state index contributed by atoms with van der Waals surface area (Å²) in [4.78, 5) is 24.0. The zero-order valence-corrected chi connectivity index (χ0v) is 13.6. The third-order valence-electron chi connectivity index (χ3n) is 4.65. The molecule has 1 saturated carbocycles. The van der Waals surface area contributed by atoms with Gasteiger partial charge in [0, 0.05) is 13.7 Å². The van der Waals surface area contributed by atoms with Crippen LogP contribution in [0, 0.1) is 5.92 Å². The van der Waals surface area contributed by atoms with Crippen molar-refractivity contribution in [2.75, 3.05) is 13.7 Å². The Bertz CT molecular complexity index is 523. The van der Waals surface area contributed by atoms with Gasteiger partial charge in [0.2, 0.25) is 0 Å². The summed E-state index contributed by atoms with van der Waals surface area (Å²) < 4.78 is 5.49. The number of ether oxygens (including phenoxy) is 1. The van der Waals surface area contributed by atoms with Crippen molar-refractivity contribution in [1.82, 2.24) is 5.32 Å². The van der Waals surface area contributed by atoms with E-state index in [2.05, 4.69) is 5.32 Å². The van der Waals surface area contributed by atoms with Crippen molar-refractivity contribution in [2.24, 2.45) is 5.92 Å². The number of hydrogen-bond acceptors (Lipinski definition) is 3. The average molecular weight is 319 g/mol. The number of hydrogen-bond donors (Lipinski definition) is 2. The number of carboxylic acid groups (broad SMARTS) is 1. The van der Waals surface area contributed by atoms with Gasteiger partial charge < -0.3 is 15.2 Å². The van der Waals surface area contributed by atoms with Crippen LogP contribution in [0.15, 0.2) is 30.3 Å². The van der Waals surface area contributed by atoms with E-state index < -0.39 is 17.5 Å². The molecule has 1 atom stereocenters. The number of amides is 1. The molecule has 5 heteroatoms. The summed E-state index contributed by atoms with van der Waals surface area (Å²) in [5.74, 6) is -1.72. The highest BCUT2D eigenvalue weighted by Crippen LogP contribution is 2.31. The molecule has 0 bridgehead atoms. The van der Waals surface area contributed by atoms with Gasteiger partial charge in [-0.25, -0.2) is 0 Å². The third kappa shape index (κ3) is 4.55. The van der Waals surface area contributed by atoms with Gasteiger partial charge in [0.05, 0.1) is 5.92 Å².